The molecule has 0 saturated carbocycles. The predicted octanol–water partition coefficient (Wildman–Crippen LogP) is 1.90. The maximum Gasteiger partial charge on any atom is 0.405 e. The molecular weight excluding hydrogens is 293 g/mol. The number of thiophene rings is 1. The van der Waals surface area contributed by atoms with E-state index >= 15 is 0 Å². The number of anilines is 2. The molecule has 2 N–H and O–H groups in total. The first-order valence-electron chi connectivity index (χ1n) is 5.40. The van der Waals surface area contributed by atoms with E-state index in [1.807, 2.05) is 0 Å². The number of nitriles is 1. The first-order valence-corrected chi connectivity index (χ1v) is 6.22. The highest BCUT2D eigenvalue weighted by Gasteiger charge is 2.32. The molecule has 110 valence electrons. The monoisotopic (exact) mass is 306 g/mol. The van der Waals surface area contributed by atoms with Gasteiger partial charge in [0.25, 0.3) is 5.91 Å². The van der Waals surface area contributed by atoms with E-state index in [2.05, 4.69) is 0 Å². The molecule has 0 radical (unpaired) electrons. The Morgan fingerprint density at radius 3 is 2.35 bits per heavy atom. The van der Waals surface area contributed by atoms with Crippen LogP contribution >= 0.6 is 11.3 Å². The molecule has 20 heavy (non-hydrogen) atoms. The van der Waals surface area contributed by atoms with Crippen molar-refractivity contribution in [3.63, 3.8) is 0 Å². The fourth-order valence-corrected chi connectivity index (χ4v) is 2.66. The van der Waals surface area contributed by atoms with E-state index in [1.165, 1.54) is 26.0 Å². The summed E-state index contributed by atoms with van der Waals surface area (Å²) in [6.07, 6.45) is -4.41. The van der Waals surface area contributed by atoms with Crippen molar-refractivity contribution in [1.29, 1.82) is 5.26 Å². The second kappa shape index (κ2) is 5.58. The summed E-state index contributed by atoms with van der Waals surface area (Å²) < 4.78 is 37.2. The van der Waals surface area contributed by atoms with Crippen LogP contribution in [0.1, 0.15) is 15.2 Å². The van der Waals surface area contributed by atoms with E-state index in [0.717, 1.165) is 16.2 Å². The van der Waals surface area contributed by atoms with Crippen molar-refractivity contribution in [3.05, 3.63) is 10.4 Å². The van der Waals surface area contributed by atoms with Gasteiger partial charge in [0.15, 0.2) is 0 Å². The number of amides is 1. The molecule has 1 aromatic rings. The van der Waals surface area contributed by atoms with Crippen molar-refractivity contribution in [2.45, 2.75) is 6.18 Å². The van der Waals surface area contributed by atoms with Gasteiger partial charge in [-0.15, -0.1) is 11.3 Å². The third-order valence-electron chi connectivity index (χ3n) is 2.40. The zero-order valence-corrected chi connectivity index (χ0v) is 11.9. The zero-order chi connectivity index (χ0) is 15.7. The number of hydrogen-bond acceptors (Lipinski definition) is 5. The minimum atomic E-state index is -4.41. The summed E-state index contributed by atoms with van der Waals surface area (Å²) >= 11 is 0.783. The highest BCUT2D eigenvalue weighted by Crippen LogP contribution is 2.38. The quantitative estimate of drug-likeness (QED) is 0.925. The van der Waals surface area contributed by atoms with Crippen molar-refractivity contribution in [2.24, 2.45) is 0 Å². The van der Waals surface area contributed by atoms with Gasteiger partial charge in [0, 0.05) is 21.1 Å². The largest absolute Gasteiger partial charge is 0.405 e. The van der Waals surface area contributed by atoms with E-state index in [4.69, 9.17) is 11.0 Å². The molecule has 1 amide bonds. The number of nitrogens with zero attached hydrogens (tertiary/aromatic N) is 3. The Bertz CT molecular complexity index is 559. The third kappa shape index (κ3) is 3.33. The number of nitrogens with two attached hydrogens (primary N) is 1. The molecule has 1 rings (SSSR count). The summed E-state index contributed by atoms with van der Waals surface area (Å²) in [5.41, 5.74) is 5.50. The first-order chi connectivity index (χ1) is 9.08. The second-order valence-electron chi connectivity index (χ2n) is 4.31. The van der Waals surface area contributed by atoms with Crippen molar-refractivity contribution >= 4 is 27.9 Å². The summed E-state index contributed by atoms with van der Waals surface area (Å²) in [5, 5.41) is 9.06. The number of hydrogen-bond donors (Lipinski definition) is 1. The summed E-state index contributed by atoms with van der Waals surface area (Å²) in [6, 6.07) is 1.75. The first kappa shape index (κ1) is 16.1. The van der Waals surface area contributed by atoms with Crippen LogP contribution in [0, 0.1) is 11.3 Å². The van der Waals surface area contributed by atoms with E-state index in [-0.39, 0.29) is 21.1 Å². The zero-order valence-electron chi connectivity index (χ0n) is 11.1. The Balaban J connectivity index is 3.25. The highest BCUT2D eigenvalue weighted by atomic mass is 32.1. The summed E-state index contributed by atoms with van der Waals surface area (Å²) in [4.78, 5) is 14.0. The Kier molecular flexibility index (Phi) is 4.50. The lowest BCUT2D eigenvalue weighted by molar-refractivity contribution is -0.119. The van der Waals surface area contributed by atoms with Crippen LogP contribution < -0.4 is 10.6 Å². The maximum atomic E-state index is 12.4. The lowest BCUT2D eigenvalue weighted by Crippen LogP contribution is -2.30. The fraction of sp³-hybridized carbons (Fsp3) is 0.455. The average Bonchev–Trinajstić information content (AvgIpc) is 2.62. The molecule has 0 aromatic carbocycles. The van der Waals surface area contributed by atoms with E-state index < -0.39 is 18.6 Å². The van der Waals surface area contributed by atoms with Gasteiger partial charge in [0.2, 0.25) is 0 Å². The topological polar surface area (TPSA) is 73.4 Å². The van der Waals surface area contributed by atoms with Crippen LogP contribution in [-0.2, 0) is 0 Å². The van der Waals surface area contributed by atoms with Gasteiger partial charge < -0.3 is 15.5 Å². The van der Waals surface area contributed by atoms with E-state index in [9.17, 15) is 18.0 Å². The summed E-state index contributed by atoms with van der Waals surface area (Å²) in [5.74, 6) is -0.448. The van der Waals surface area contributed by atoms with Crippen LogP contribution in [-0.4, -0.2) is 44.7 Å². The van der Waals surface area contributed by atoms with Gasteiger partial charge in [-0.2, -0.15) is 18.4 Å². The van der Waals surface area contributed by atoms with Gasteiger partial charge in [-0.3, -0.25) is 4.79 Å². The Morgan fingerprint density at radius 1 is 1.40 bits per heavy atom. The average molecular weight is 306 g/mol. The lowest BCUT2D eigenvalue weighted by atomic mass is 10.2. The van der Waals surface area contributed by atoms with Crippen LogP contribution in [0.4, 0.5) is 23.9 Å². The Hall–Kier alpha value is -1.95. The summed E-state index contributed by atoms with van der Waals surface area (Å²) in [7, 11) is 4.18. The van der Waals surface area contributed by atoms with Crippen molar-refractivity contribution in [3.8, 4) is 6.07 Å². The van der Waals surface area contributed by atoms with Crippen LogP contribution in [0.25, 0.3) is 0 Å². The minimum absolute atomic E-state index is 0.0347. The highest BCUT2D eigenvalue weighted by molar-refractivity contribution is 7.19. The smallest absolute Gasteiger partial charge is 0.396 e. The summed E-state index contributed by atoms with van der Waals surface area (Å²) in [6.45, 7) is -1.22. The molecule has 0 unspecified atom stereocenters. The third-order valence-corrected chi connectivity index (χ3v) is 3.71. The molecule has 0 bridgehead atoms. The van der Waals surface area contributed by atoms with Gasteiger partial charge >= 0.3 is 6.18 Å². The molecule has 5 nitrogen and oxygen atoms in total. The molecule has 0 fully saturated rings. The molecule has 1 heterocycles. The number of alkyl halides is 3. The molecule has 1 aromatic heterocycles. The molecular formula is C11H13F3N4OS. The Morgan fingerprint density at radius 2 is 1.95 bits per heavy atom. The second-order valence-corrected chi connectivity index (χ2v) is 5.31. The number of nitrogen functional groups attached to an aromatic ring is 1. The number of carbonyl (C=O) groups excluding carboxylic acids is 1. The van der Waals surface area contributed by atoms with Crippen LogP contribution in [0.2, 0.25) is 0 Å². The van der Waals surface area contributed by atoms with E-state index in [0.29, 0.717) is 0 Å². The van der Waals surface area contributed by atoms with Crippen LogP contribution in [0.3, 0.4) is 0 Å². The van der Waals surface area contributed by atoms with Gasteiger partial charge in [-0.05, 0) is 0 Å². The molecule has 0 saturated heterocycles. The Labute approximate surface area is 118 Å². The van der Waals surface area contributed by atoms with Gasteiger partial charge in [-0.1, -0.05) is 0 Å². The molecule has 0 aliphatic heterocycles. The lowest BCUT2D eigenvalue weighted by Gasteiger charge is -2.19. The minimum Gasteiger partial charge on any atom is -0.396 e. The molecule has 9 heteroatoms. The maximum absolute atomic E-state index is 12.4. The fourth-order valence-electron chi connectivity index (χ4n) is 1.51. The SMILES string of the molecule is CN(C)C(=O)c1sc(N(C)CC(F)(F)F)c(C#N)c1N. The molecule has 0 aliphatic rings. The van der Waals surface area contributed by atoms with Crippen molar-refractivity contribution in [2.75, 3.05) is 38.3 Å². The van der Waals surface area contributed by atoms with Gasteiger partial charge in [0.1, 0.15) is 28.1 Å². The van der Waals surface area contributed by atoms with Crippen LogP contribution in [0.5, 0.6) is 0 Å². The van der Waals surface area contributed by atoms with Gasteiger partial charge in [0.05, 0.1) is 5.69 Å². The predicted molar refractivity (Wildman–Crippen MR) is 70.8 cm³/mol. The van der Waals surface area contributed by atoms with Crippen molar-refractivity contribution in [1.82, 2.24) is 4.90 Å². The van der Waals surface area contributed by atoms with E-state index in [1.54, 1.807) is 6.07 Å². The van der Waals surface area contributed by atoms with Gasteiger partial charge in [-0.25, -0.2) is 0 Å². The molecule has 0 aliphatic carbocycles. The molecule has 0 spiro atoms. The molecule has 0 atom stereocenters. The number of halogens is 3. The van der Waals surface area contributed by atoms with Crippen LogP contribution in [0.15, 0.2) is 0 Å². The standard InChI is InChI=1S/C11H13F3N4OS/c1-17(2)9(19)8-7(16)6(4-15)10(20-8)18(3)5-11(12,13)14/h5,16H2,1-3H3. The van der Waals surface area contributed by atoms with Crippen molar-refractivity contribution < 1.29 is 18.0 Å². The number of carbonyl (C=O) groups is 1. The normalized spacial score (nSPS) is 11.1. The number of rotatable bonds is 3.